The number of rotatable bonds is 4. The van der Waals surface area contributed by atoms with Crippen molar-refractivity contribution in [2.45, 2.75) is 30.2 Å². The lowest BCUT2D eigenvalue weighted by molar-refractivity contribution is -0.141. The number of hydrogen-bond donors (Lipinski definition) is 1. The van der Waals surface area contributed by atoms with E-state index in [0.29, 0.717) is 6.42 Å². The average Bonchev–Trinajstić information content (AvgIpc) is 3.02. The molecule has 3 rings (SSSR count). The van der Waals surface area contributed by atoms with Crippen molar-refractivity contribution in [1.82, 2.24) is 4.31 Å². The summed E-state index contributed by atoms with van der Waals surface area (Å²) in [4.78, 5) is 12.0. The molecular formula is C18H19NO4S. The number of aliphatic carboxylic acids is 1. The normalized spacial score (nSPS) is 21.7. The van der Waals surface area contributed by atoms with Gasteiger partial charge in [-0.2, -0.15) is 4.31 Å². The highest BCUT2D eigenvalue weighted by Crippen LogP contribution is 2.37. The van der Waals surface area contributed by atoms with Gasteiger partial charge in [0.05, 0.1) is 4.90 Å². The molecule has 1 aliphatic heterocycles. The van der Waals surface area contributed by atoms with Crippen molar-refractivity contribution in [2.75, 3.05) is 6.54 Å². The topological polar surface area (TPSA) is 74.7 Å². The van der Waals surface area contributed by atoms with Crippen LogP contribution in [0.2, 0.25) is 0 Å². The Bertz CT molecular complexity index is 831. The number of hydrogen-bond acceptors (Lipinski definition) is 3. The molecule has 0 bridgehead atoms. The van der Waals surface area contributed by atoms with Crippen LogP contribution in [0.25, 0.3) is 0 Å². The predicted molar refractivity (Wildman–Crippen MR) is 90.3 cm³/mol. The fraction of sp³-hybridized carbons (Fsp3) is 0.278. The van der Waals surface area contributed by atoms with Gasteiger partial charge >= 0.3 is 5.97 Å². The highest BCUT2D eigenvalue weighted by Gasteiger charge is 2.46. The van der Waals surface area contributed by atoms with E-state index in [1.807, 2.05) is 37.3 Å². The summed E-state index contributed by atoms with van der Waals surface area (Å²) < 4.78 is 26.9. The number of carboxylic acid groups (broad SMARTS) is 1. The second-order valence-electron chi connectivity index (χ2n) is 6.02. The summed E-state index contributed by atoms with van der Waals surface area (Å²) in [6.45, 7) is 2.07. The van der Waals surface area contributed by atoms with Gasteiger partial charge in [-0.15, -0.1) is 0 Å². The molecule has 5 nitrogen and oxygen atoms in total. The molecule has 1 saturated heterocycles. The van der Waals surface area contributed by atoms with Gasteiger partial charge in [-0.1, -0.05) is 48.0 Å². The maximum atomic E-state index is 12.9. The van der Waals surface area contributed by atoms with Crippen LogP contribution in [0, 0.1) is 6.92 Å². The Morgan fingerprint density at radius 1 is 1.08 bits per heavy atom. The Hall–Kier alpha value is -2.18. The van der Waals surface area contributed by atoms with Crippen LogP contribution in [-0.2, 0) is 14.8 Å². The van der Waals surface area contributed by atoms with Crippen molar-refractivity contribution < 1.29 is 18.3 Å². The molecule has 0 amide bonds. The summed E-state index contributed by atoms with van der Waals surface area (Å²) in [7, 11) is -3.84. The molecule has 0 aromatic heterocycles. The van der Waals surface area contributed by atoms with E-state index >= 15 is 0 Å². The van der Waals surface area contributed by atoms with Crippen molar-refractivity contribution in [3.8, 4) is 0 Å². The second kappa shape index (κ2) is 6.37. The third-order valence-corrected chi connectivity index (χ3v) is 6.36. The van der Waals surface area contributed by atoms with Gasteiger partial charge in [-0.3, -0.25) is 4.79 Å². The van der Waals surface area contributed by atoms with Gasteiger partial charge in [0, 0.05) is 12.5 Å². The van der Waals surface area contributed by atoms with Crippen molar-refractivity contribution >= 4 is 16.0 Å². The van der Waals surface area contributed by atoms with Crippen molar-refractivity contribution in [3.05, 3.63) is 65.7 Å². The first-order valence-corrected chi connectivity index (χ1v) is 9.21. The summed E-state index contributed by atoms with van der Waals surface area (Å²) >= 11 is 0. The lowest BCUT2D eigenvalue weighted by atomic mass is 9.92. The molecule has 126 valence electrons. The van der Waals surface area contributed by atoms with E-state index in [9.17, 15) is 18.3 Å². The van der Waals surface area contributed by atoms with Gasteiger partial charge in [0.15, 0.2) is 0 Å². The van der Waals surface area contributed by atoms with Gasteiger partial charge in [-0.05, 0) is 31.0 Å². The lowest BCUT2D eigenvalue weighted by Gasteiger charge is -2.24. The zero-order chi connectivity index (χ0) is 17.3. The molecule has 2 atom stereocenters. The first kappa shape index (κ1) is 16.7. The minimum atomic E-state index is -3.84. The zero-order valence-corrected chi connectivity index (χ0v) is 14.1. The van der Waals surface area contributed by atoms with Crippen LogP contribution in [0.4, 0.5) is 0 Å². The highest BCUT2D eigenvalue weighted by molar-refractivity contribution is 7.89. The van der Waals surface area contributed by atoms with Crippen LogP contribution in [0.5, 0.6) is 0 Å². The van der Waals surface area contributed by atoms with E-state index in [4.69, 9.17) is 0 Å². The molecule has 2 aromatic carbocycles. The Morgan fingerprint density at radius 3 is 2.29 bits per heavy atom. The van der Waals surface area contributed by atoms with Gasteiger partial charge in [-0.25, -0.2) is 8.42 Å². The highest BCUT2D eigenvalue weighted by atomic mass is 32.2. The van der Waals surface area contributed by atoms with E-state index < -0.39 is 22.0 Å². The molecular weight excluding hydrogens is 326 g/mol. The third-order valence-electron chi connectivity index (χ3n) is 4.46. The standard InChI is InChI=1S/C18H19NO4S/c1-13-7-9-15(10-8-13)24(22,23)19-12-11-16(17(19)18(20)21)14-5-3-2-4-6-14/h2-10,16-17H,11-12H2,1H3,(H,20,21)/t16-,17-/m0/s1. The molecule has 24 heavy (non-hydrogen) atoms. The summed E-state index contributed by atoms with van der Waals surface area (Å²) in [5.74, 6) is -1.46. The predicted octanol–water partition coefficient (Wildman–Crippen LogP) is 2.63. The number of sulfonamides is 1. The summed E-state index contributed by atoms with van der Waals surface area (Å²) in [5.41, 5.74) is 1.80. The molecule has 0 spiro atoms. The van der Waals surface area contributed by atoms with E-state index in [1.54, 1.807) is 12.1 Å². The Labute approximate surface area is 141 Å². The molecule has 1 aliphatic rings. The van der Waals surface area contributed by atoms with Crippen LogP contribution in [0.15, 0.2) is 59.5 Å². The smallest absolute Gasteiger partial charge is 0.322 e. The molecule has 0 saturated carbocycles. The maximum absolute atomic E-state index is 12.9. The summed E-state index contributed by atoms with van der Waals surface area (Å²) in [5, 5.41) is 9.66. The number of carbonyl (C=O) groups is 1. The first-order valence-electron chi connectivity index (χ1n) is 7.77. The quantitative estimate of drug-likeness (QED) is 0.924. The molecule has 1 fully saturated rings. The number of nitrogens with zero attached hydrogens (tertiary/aromatic N) is 1. The van der Waals surface area contributed by atoms with Crippen LogP contribution in [0.3, 0.4) is 0 Å². The van der Waals surface area contributed by atoms with E-state index in [2.05, 4.69) is 0 Å². The molecule has 1 heterocycles. The Balaban J connectivity index is 1.98. The van der Waals surface area contributed by atoms with Crippen LogP contribution in [-0.4, -0.2) is 36.4 Å². The van der Waals surface area contributed by atoms with Gasteiger partial charge in [0.2, 0.25) is 10.0 Å². The molecule has 0 aliphatic carbocycles. The maximum Gasteiger partial charge on any atom is 0.322 e. The summed E-state index contributed by atoms with van der Waals surface area (Å²) in [6.07, 6.45) is 0.492. The van der Waals surface area contributed by atoms with E-state index in [1.165, 1.54) is 12.1 Å². The zero-order valence-electron chi connectivity index (χ0n) is 13.3. The number of aryl methyl sites for hydroxylation is 1. The molecule has 0 unspecified atom stereocenters. The van der Waals surface area contributed by atoms with Gasteiger partial charge < -0.3 is 5.11 Å². The molecule has 0 radical (unpaired) electrons. The fourth-order valence-corrected chi connectivity index (χ4v) is 4.86. The fourth-order valence-electron chi connectivity index (χ4n) is 3.22. The first-order chi connectivity index (χ1) is 11.4. The van der Waals surface area contributed by atoms with E-state index in [0.717, 1.165) is 15.4 Å². The van der Waals surface area contributed by atoms with E-state index in [-0.39, 0.29) is 17.4 Å². The monoisotopic (exact) mass is 345 g/mol. The largest absolute Gasteiger partial charge is 0.480 e. The van der Waals surface area contributed by atoms with Crippen molar-refractivity contribution in [1.29, 1.82) is 0 Å². The van der Waals surface area contributed by atoms with Crippen LogP contribution in [0.1, 0.15) is 23.5 Å². The van der Waals surface area contributed by atoms with Crippen molar-refractivity contribution in [2.24, 2.45) is 0 Å². The van der Waals surface area contributed by atoms with Gasteiger partial charge in [0.1, 0.15) is 6.04 Å². The third kappa shape index (κ3) is 2.95. The van der Waals surface area contributed by atoms with Crippen molar-refractivity contribution in [3.63, 3.8) is 0 Å². The minimum absolute atomic E-state index is 0.132. The van der Waals surface area contributed by atoms with Gasteiger partial charge in [0.25, 0.3) is 0 Å². The Kier molecular flexibility index (Phi) is 4.43. The Morgan fingerprint density at radius 2 is 1.71 bits per heavy atom. The summed E-state index contributed by atoms with van der Waals surface area (Å²) in [6, 6.07) is 14.6. The SMILES string of the molecule is Cc1ccc(S(=O)(=O)N2CC[C@@H](c3ccccc3)[C@H]2C(=O)O)cc1. The molecule has 2 aromatic rings. The lowest BCUT2D eigenvalue weighted by Crippen LogP contribution is -2.42. The number of benzene rings is 2. The second-order valence-corrected chi connectivity index (χ2v) is 7.91. The average molecular weight is 345 g/mol. The number of carboxylic acids is 1. The minimum Gasteiger partial charge on any atom is -0.480 e. The van der Waals surface area contributed by atoms with Crippen LogP contribution >= 0.6 is 0 Å². The molecule has 6 heteroatoms. The molecule has 1 N–H and O–H groups in total. The van der Waals surface area contributed by atoms with Crippen LogP contribution < -0.4 is 0 Å².